The van der Waals surface area contributed by atoms with Crippen molar-refractivity contribution in [1.82, 2.24) is 0 Å². The number of carbonyl (C=O) groups excluding carboxylic acids is 1. The van der Waals surface area contributed by atoms with Crippen LogP contribution in [0.15, 0.2) is 48.5 Å². The molecule has 0 aliphatic heterocycles. The zero-order valence-electron chi connectivity index (χ0n) is 10.6. The van der Waals surface area contributed by atoms with Crippen molar-refractivity contribution < 1.29 is 9.72 Å². The highest BCUT2D eigenvalue weighted by molar-refractivity contribution is 5.92. The van der Waals surface area contributed by atoms with E-state index in [1.54, 1.807) is 18.2 Å². The molecule has 0 aliphatic carbocycles. The molecular weight excluding hydrogens is 258 g/mol. The molecule has 102 valence electrons. The Morgan fingerprint density at radius 3 is 2.50 bits per heavy atom. The Labute approximate surface area is 115 Å². The zero-order chi connectivity index (χ0) is 14.5. The van der Waals surface area contributed by atoms with Crippen LogP contribution in [0.4, 0.5) is 17.1 Å². The first-order valence-electron chi connectivity index (χ1n) is 5.93. The Kier molecular flexibility index (Phi) is 3.95. The molecule has 6 heteroatoms. The Morgan fingerprint density at radius 2 is 1.90 bits per heavy atom. The highest BCUT2D eigenvalue weighted by Gasteiger charge is 2.07. The van der Waals surface area contributed by atoms with Gasteiger partial charge in [-0.3, -0.25) is 14.9 Å². The molecule has 0 atom stereocenters. The summed E-state index contributed by atoms with van der Waals surface area (Å²) in [6, 6.07) is 12.7. The minimum absolute atomic E-state index is 0.0150. The molecule has 6 nitrogen and oxygen atoms in total. The Balaban J connectivity index is 1.99. The number of nitrogens with zero attached hydrogens (tertiary/aromatic N) is 1. The predicted molar refractivity (Wildman–Crippen MR) is 76.3 cm³/mol. The lowest BCUT2D eigenvalue weighted by Crippen LogP contribution is -2.14. The van der Waals surface area contributed by atoms with E-state index in [0.717, 1.165) is 5.56 Å². The van der Waals surface area contributed by atoms with E-state index >= 15 is 0 Å². The van der Waals surface area contributed by atoms with E-state index < -0.39 is 4.92 Å². The van der Waals surface area contributed by atoms with Crippen molar-refractivity contribution in [3.63, 3.8) is 0 Å². The molecule has 0 unspecified atom stereocenters. The van der Waals surface area contributed by atoms with Crippen molar-refractivity contribution in [3.05, 3.63) is 64.2 Å². The molecule has 2 rings (SSSR count). The van der Waals surface area contributed by atoms with Crippen LogP contribution in [0.1, 0.15) is 5.56 Å². The van der Waals surface area contributed by atoms with Gasteiger partial charge in [0.2, 0.25) is 5.91 Å². The van der Waals surface area contributed by atoms with Crippen molar-refractivity contribution in [3.8, 4) is 0 Å². The number of benzene rings is 2. The van der Waals surface area contributed by atoms with Crippen molar-refractivity contribution in [1.29, 1.82) is 0 Å². The van der Waals surface area contributed by atoms with Crippen LogP contribution in [0.5, 0.6) is 0 Å². The zero-order valence-corrected chi connectivity index (χ0v) is 10.6. The maximum absolute atomic E-state index is 11.8. The number of nitrogen functional groups attached to an aromatic ring is 1. The number of amides is 1. The lowest BCUT2D eigenvalue weighted by molar-refractivity contribution is -0.384. The largest absolute Gasteiger partial charge is 0.399 e. The second-order valence-electron chi connectivity index (χ2n) is 4.27. The van der Waals surface area contributed by atoms with Crippen LogP contribution in [0.2, 0.25) is 0 Å². The number of carbonyl (C=O) groups is 1. The van der Waals surface area contributed by atoms with Gasteiger partial charge in [0.1, 0.15) is 0 Å². The molecule has 2 aromatic rings. The molecule has 0 radical (unpaired) electrons. The molecule has 20 heavy (non-hydrogen) atoms. The van der Waals surface area contributed by atoms with E-state index in [2.05, 4.69) is 5.32 Å². The normalized spacial score (nSPS) is 10.0. The SMILES string of the molecule is Nc1cccc(CC(=O)Nc2ccc([N+](=O)[O-])cc2)c1. The molecule has 2 aromatic carbocycles. The molecule has 3 N–H and O–H groups in total. The maximum atomic E-state index is 11.8. The van der Waals surface area contributed by atoms with Gasteiger partial charge in [0.05, 0.1) is 11.3 Å². The number of anilines is 2. The molecule has 0 saturated carbocycles. The van der Waals surface area contributed by atoms with Gasteiger partial charge in [-0.2, -0.15) is 0 Å². The molecule has 0 spiro atoms. The summed E-state index contributed by atoms with van der Waals surface area (Å²) in [4.78, 5) is 21.9. The summed E-state index contributed by atoms with van der Waals surface area (Å²) in [5, 5.41) is 13.2. The van der Waals surface area contributed by atoms with Crippen LogP contribution >= 0.6 is 0 Å². The van der Waals surface area contributed by atoms with Gasteiger partial charge in [0.25, 0.3) is 5.69 Å². The summed E-state index contributed by atoms with van der Waals surface area (Å²) < 4.78 is 0. The summed E-state index contributed by atoms with van der Waals surface area (Å²) in [5.41, 5.74) is 7.55. The summed E-state index contributed by atoms with van der Waals surface area (Å²) >= 11 is 0. The second-order valence-corrected chi connectivity index (χ2v) is 4.27. The molecule has 0 aliphatic rings. The van der Waals surface area contributed by atoms with E-state index in [-0.39, 0.29) is 18.0 Å². The first-order chi connectivity index (χ1) is 9.54. The van der Waals surface area contributed by atoms with Crippen LogP contribution in [-0.4, -0.2) is 10.8 Å². The number of nitrogens with two attached hydrogens (primary N) is 1. The Bertz CT molecular complexity index is 638. The lowest BCUT2D eigenvalue weighted by Gasteiger charge is -2.05. The maximum Gasteiger partial charge on any atom is 0.269 e. The van der Waals surface area contributed by atoms with Crippen molar-refractivity contribution >= 4 is 23.0 Å². The summed E-state index contributed by atoms with van der Waals surface area (Å²) in [6.07, 6.45) is 0.196. The topological polar surface area (TPSA) is 98.3 Å². The minimum atomic E-state index is -0.488. The third-order valence-corrected chi connectivity index (χ3v) is 2.68. The van der Waals surface area contributed by atoms with E-state index in [4.69, 9.17) is 5.73 Å². The van der Waals surface area contributed by atoms with Crippen molar-refractivity contribution in [2.75, 3.05) is 11.1 Å². The van der Waals surface area contributed by atoms with Gasteiger partial charge >= 0.3 is 0 Å². The number of nitrogens with one attached hydrogen (secondary N) is 1. The van der Waals surface area contributed by atoms with E-state index in [9.17, 15) is 14.9 Å². The Morgan fingerprint density at radius 1 is 1.20 bits per heavy atom. The number of rotatable bonds is 4. The first kappa shape index (κ1) is 13.5. The fraction of sp³-hybridized carbons (Fsp3) is 0.0714. The molecule has 0 heterocycles. The number of non-ortho nitro benzene ring substituents is 1. The van der Waals surface area contributed by atoms with Gasteiger partial charge in [0.15, 0.2) is 0 Å². The average Bonchev–Trinajstić information content (AvgIpc) is 2.39. The van der Waals surface area contributed by atoms with Crippen LogP contribution < -0.4 is 11.1 Å². The fourth-order valence-electron chi connectivity index (χ4n) is 1.76. The lowest BCUT2D eigenvalue weighted by atomic mass is 10.1. The summed E-state index contributed by atoms with van der Waals surface area (Å²) in [5.74, 6) is -0.204. The quantitative estimate of drug-likeness (QED) is 0.506. The van der Waals surface area contributed by atoms with E-state index in [0.29, 0.717) is 11.4 Å². The molecule has 0 bridgehead atoms. The monoisotopic (exact) mass is 271 g/mol. The highest BCUT2D eigenvalue weighted by Crippen LogP contribution is 2.16. The first-order valence-corrected chi connectivity index (χ1v) is 5.93. The third kappa shape index (κ3) is 3.55. The average molecular weight is 271 g/mol. The van der Waals surface area contributed by atoms with Crippen LogP contribution in [-0.2, 0) is 11.2 Å². The predicted octanol–water partition coefficient (Wildman–Crippen LogP) is 2.36. The standard InChI is InChI=1S/C14H13N3O3/c15-11-3-1-2-10(8-11)9-14(18)16-12-4-6-13(7-5-12)17(19)20/h1-8H,9,15H2,(H,16,18). The van der Waals surface area contributed by atoms with Crippen LogP contribution in [0.25, 0.3) is 0 Å². The fourth-order valence-corrected chi connectivity index (χ4v) is 1.76. The van der Waals surface area contributed by atoms with Gasteiger partial charge in [-0.05, 0) is 29.8 Å². The summed E-state index contributed by atoms with van der Waals surface area (Å²) in [6.45, 7) is 0. The number of hydrogen-bond acceptors (Lipinski definition) is 4. The van der Waals surface area contributed by atoms with E-state index in [1.807, 2.05) is 6.07 Å². The van der Waals surface area contributed by atoms with Crippen LogP contribution in [0.3, 0.4) is 0 Å². The number of nitro groups is 1. The van der Waals surface area contributed by atoms with Crippen LogP contribution in [0, 0.1) is 10.1 Å². The summed E-state index contributed by atoms with van der Waals surface area (Å²) in [7, 11) is 0. The number of hydrogen-bond donors (Lipinski definition) is 2. The van der Waals surface area contributed by atoms with Crippen molar-refractivity contribution in [2.24, 2.45) is 0 Å². The van der Waals surface area contributed by atoms with E-state index in [1.165, 1.54) is 24.3 Å². The number of nitro benzene ring substituents is 1. The van der Waals surface area contributed by atoms with Gasteiger partial charge < -0.3 is 11.1 Å². The van der Waals surface area contributed by atoms with Gasteiger partial charge in [-0.15, -0.1) is 0 Å². The molecule has 0 aromatic heterocycles. The molecular formula is C14H13N3O3. The van der Waals surface area contributed by atoms with Gasteiger partial charge in [0, 0.05) is 23.5 Å². The van der Waals surface area contributed by atoms with Gasteiger partial charge in [-0.25, -0.2) is 0 Å². The highest BCUT2D eigenvalue weighted by atomic mass is 16.6. The van der Waals surface area contributed by atoms with Crippen molar-refractivity contribution in [2.45, 2.75) is 6.42 Å². The second kappa shape index (κ2) is 5.83. The Hall–Kier alpha value is -2.89. The molecule has 0 saturated heterocycles. The third-order valence-electron chi connectivity index (χ3n) is 2.68. The minimum Gasteiger partial charge on any atom is -0.399 e. The smallest absolute Gasteiger partial charge is 0.269 e. The molecule has 1 amide bonds. The van der Waals surface area contributed by atoms with Gasteiger partial charge in [-0.1, -0.05) is 12.1 Å². The molecule has 0 fully saturated rings.